The smallest absolute Gasteiger partial charge is 0.262 e. The Morgan fingerprint density at radius 2 is 1.88 bits per heavy atom. The second kappa shape index (κ2) is 8.73. The van der Waals surface area contributed by atoms with Crippen LogP contribution in [0.25, 0.3) is 0 Å². The summed E-state index contributed by atoms with van der Waals surface area (Å²) in [5.41, 5.74) is 1.92. The van der Waals surface area contributed by atoms with Crippen LogP contribution in [0.2, 0.25) is 0 Å². The Labute approximate surface area is 151 Å². The zero-order chi connectivity index (χ0) is 17.5. The number of carbonyl (C=O) groups is 1. The van der Waals surface area contributed by atoms with Crippen LogP contribution in [-0.4, -0.2) is 18.6 Å². The van der Waals surface area contributed by atoms with Gasteiger partial charge in [0.2, 0.25) is 0 Å². The number of anilines is 1. The Kier molecular flexibility index (Phi) is 6.67. The average Bonchev–Trinajstić information content (AvgIpc) is 2.55. The topological polar surface area (TPSA) is 47.6 Å². The van der Waals surface area contributed by atoms with Gasteiger partial charge in [-0.15, -0.1) is 0 Å². The Hall–Kier alpha value is -2.01. The molecule has 128 valence electrons. The third kappa shape index (κ3) is 5.57. The molecule has 0 aromatic heterocycles. The Morgan fingerprint density at radius 3 is 2.46 bits per heavy atom. The van der Waals surface area contributed by atoms with Gasteiger partial charge in [0, 0.05) is 5.69 Å². The first-order chi connectivity index (χ1) is 11.5. The maximum atomic E-state index is 12.0. The molecule has 0 spiro atoms. The number of amides is 1. The van der Waals surface area contributed by atoms with Gasteiger partial charge in [0.05, 0.1) is 10.6 Å². The van der Waals surface area contributed by atoms with Crippen molar-refractivity contribution >= 4 is 27.5 Å². The van der Waals surface area contributed by atoms with Crippen molar-refractivity contribution in [2.24, 2.45) is 0 Å². The van der Waals surface area contributed by atoms with Crippen LogP contribution < -0.4 is 14.8 Å². The number of benzene rings is 2. The third-order valence-electron chi connectivity index (χ3n) is 3.27. The fourth-order valence-corrected chi connectivity index (χ4v) is 2.65. The van der Waals surface area contributed by atoms with Gasteiger partial charge in [-0.05, 0) is 78.2 Å². The molecular formula is C19H22BrNO3. The number of hydrogen-bond donors (Lipinski definition) is 1. The molecule has 0 unspecified atom stereocenters. The maximum Gasteiger partial charge on any atom is 0.262 e. The number of halogens is 1. The van der Waals surface area contributed by atoms with E-state index in [-0.39, 0.29) is 18.6 Å². The minimum Gasteiger partial charge on any atom is -0.491 e. The van der Waals surface area contributed by atoms with E-state index in [4.69, 9.17) is 9.47 Å². The highest BCUT2D eigenvalue weighted by Gasteiger charge is 2.07. The molecule has 0 fully saturated rings. The molecule has 1 amide bonds. The van der Waals surface area contributed by atoms with E-state index >= 15 is 0 Å². The molecule has 4 nitrogen and oxygen atoms in total. The van der Waals surface area contributed by atoms with Crippen molar-refractivity contribution < 1.29 is 14.3 Å². The number of rotatable bonds is 7. The monoisotopic (exact) mass is 391 g/mol. The van der Waals surface area contributed by atoms with Crippen LogP contribution in [0.5, 0.6) is 11.5 Å². The lowest BCUT2D eigenvalue weighted by atomic mass is 10.2. The maximum absolute atomic E-state index is 12.0. The van der Waals surface area contributed by atoms with E-state index in [9.17, 15) is 4.79 Å². The lowest BCUT2D eigenvalue weighted by Gasteiger charge is -2.11. The SMILES string of the molecule is CCc1ccc(OCC(=O)Nc2ccc(OC(C)C)cc2)c(Br)c1. The molecule has 0 atom stereocenters. The van der Waals surface area contributed by atoms with Gasteiger partial charge >= 0.3 is 0 Å². The van der Waals surface area contributed by atoms with E-state index in [0.717, 1.165) is 16.6 Å². The van der Waals surface area contributed by atoms with E-state index in [0.29, 0.717) is 11.4 Å². The van der Waals surface area contributed by atoms with Crippen LogP contribution >= 0.6 is 15.9 Å². The molecule has 2 aromatic rings. The van der Waals surface area contributed by atoms with E-state index < -0.39 is 0 Å². The summed E-state index contributed by atoms with van der Waals surface area (Å²) in [6, 6.07) is 13.1. The second-order valence-electron chi connectivity index (χ2n) is 5.65. The van der Waals surface area contributed by atoms with Crippen molar-refractivity contribution in [3.63, 3.8) is 0 Å². The Balaban J connectivity index is 1.87. The summed E-state index contributed by atoms with van der Waals surface area (Å²) in [5.74, 6) is 1.22. The molecular weight excluding hydrogens is 370 g/mol. The molecule has 2 rings (SSSR count). The Morgan fingerprint density at radius 1 is 1.17 bits per heavy atom. The van der Waals surface area contributed by atoms with E-state index in [2.05, 4.69) is 28.2 Å². The van der Waals surface area contributed by atoms with Gasteiger partial charge in [-0.3, -0.25) is 4.79 Å². The zero-order valence-electron chi connectivity index (χ0n) is 14.1. The molecule has 0 aliphatic heterocycles. The third-order valence-corrected chi connectivity index (χ3v) is 3.89. The average molecular weight is 392 g/mol. The lowest BCUT2D eigenvalue weighted by Crippen LogP contribution is -2.20. The molecule has 24 heavy (non-hydrogen) atoms. The number of carbonyl (C=O) groups excluding carboxylic acids is 1. The van der Waals surface area contributed by atoms with Crippen LogP contribution in [0.4, 0.5) is 5.69 Å². The predicted octanol–water partition coefficient (Wildman–Crippen LogP) is 4.82. The van der Waals surface area contributed by atoms with Crippen molar-refractivity contribution in [1.82, 2.24) is 0 Å². The van der Waals surface area contributed by atoms with Gasteiger partial charge in [-0.1, -0.05) is 13.0 Å². The minimum atomic E-state index is -0.209. The fourth-order valence-electron chi connectivity index (χ4n) is 2.11. The largest absolute Gasteiger partial charge is 0.491 e. The highest BCUT2D eigenvalue weighted by molar-refractivity contribution is 9.10. The summed E-state index contributed by atoms with van der Waals surface area (Å²) in [7, 11) is 0. The molecule has 0 saturated carbocycles. The first kappa shape index (κ1) is 18.3. The van der Waals surface area contributed by atoms with Crippen molar-refractivity contribution in [3.8, 4) is 11.5 Å². The van der Waals surface area contributed by atoms with E-state index in [1.54, 1.807) is 0 Å². The fraction of sp³-hybridized carbons (Fsp3) is 0.316. The van der Waals surface area contributed by atoms with Gasteiger partial charge < -0.3 is 14.8 Å². The quantitative estimate of drug-likeness (QED) is 0.735. The van der Waals surface area contributed by atoms with Crippen LogP contribution in [0, 0.1) is 0 Å². The molecule has 2 aromatic carbocycles. The first-order valence-corrected chi connectivity index (χ1v) is 8.75. The number of nitrogens with one attached hydrogen (secondary N) is 1. The highest BCUT2D eigenvalue weighted by atomic mass is 79.9. The van der Waals surface area contributed by atoms with Gasteiger partial charge in [0.1, 0.15) is 11.5 Å². The predicted molar refractivity (Wildman–Crippen MR) is 99.9 cm³/mol. The van der Waals surface area contributed by atoms with Gasteiger partial charge in [0.15, 0.2) is 6.61 Å². The first-order valence-electron chi connectivity index (χ1n) is 7.95. The normalized spacial score (nSPS) is 10.5. The van der Waals surface area contributed by atoms with Crippen LogP contribution in [0.15, 0.2) is 46.9 Å². The molecule has 0 aliphatic rings. The standard InChI is InChI=1S/C19H22BrNO3/c1-4-14-5-10-18(17(20)11-14)23-12-19(22)21-15-6-8-16(9-7-15)24-13(2)3/h5-11,13H,4,12H2,1-3H3,(H,21,22). The van der Waals surface area contributed by atoms with Crippen molar-refractivity contribution in [3.05, 3.63) is 52.5 Å². The van der Waals surface area contributed by atoms with Gasteiger partial charge in [-0.2, -0.15) is 0 Å². The lowest BCUT2D eigenvalue weighted by molar-refractivity contribution is -0.118. The summed E-state index contributed by atoms with van der Waals surface area (Å²) >= 11 is 3.46. The summed E-state index contributed by atoms with van der Waals surface area (Å²) in [6.45, 7) is 5.98. The number of aryl methyl sites for hydroxylation is 1. The summed E-state index contributed by atoms with van der Waals surface area (Å²) in [6.07, 6.45) is 1.08. The van der Waals surface area contributed by atoms with Crippen molar-refractivity contribution in [2.75, 3.05) is 11.9 Å². The molecule has 5 heteroatoms. The summed E-state index contributed by atoms with van der Waals surface area (Å²) in [5, 5.41) is 2.80. The molecule has 0 bridgehead atoms. The number of ether oxygens (including phenoxy) is 2. The molecule has 0 aliphatic carbocycles. The molecule has 0 heterocycles. The van der Waals surface area contributed by atoms with Gasteiger partial charge in [0.25, 0.3) is 5.91 Å². The highest BCUT2D eigenvalue weighted by Crippen LogP contribution is 2.26. The Bertz CT molecular complexity index is 684. The second-order valence-corrected chi connectivity index (χ2v) is 6.50. The molecule has 0 saturated heterocycles. The molecule has 0 radical (unpaired) electrons. The van der Waals surface area contributed by atoms with Crippen LogP contribution in [-0.2, 0) is 11.2 Å². The van der Waals surface area contributed by atoms with Crippen molar-refractivity contribution in [1.29, 1.82) is 0 Å². The van der Waals surface area contributed by atoms with Gasteiger partial charge in [-0.25, -0.2) is 0 Å². The van der Waals surface area contributed by atoms with E-state index in [1.165, 1.54) is 5.56 Å². The van der Waals surface area contributed by atoms with Crippen LogP contribution in [0.1, 0.15) is 26.3 Å². The summed E-state index contributed by atoms with van der Waals surface area (Å²) in [4.78, 5) is 12.0. The minimum absolute atomic E-state index is 0.0473. The van der Waals surface area contributed by atoms with E-state index in [1.807, 2.05) is 56.3 Å². The zero-order valence-corrected chi connectivity index (χ0v) is 15.7. The molecule has 1 N–H and O–H groups in total. The van der Waals surface area contributed by atoms with Crippen LogP contribution in [0.3, 0.4) is 0 Å². The van der Waals surface area contributed by atoms with Crippen molar-refractivity contribution in [2.45, 2.75) is 33.3 Å². The summed E-state index contributed by atoms with van der Waals surface area (Å²) < 4.78 is 12.0. The number of hydrogen-bond acceptors (Lipinski definition) is 3.